The molecule has 0 bridgehead atoms. The van der Waals surface area contributed by atoms with E-state index in [1.54, 1.807) is 12.1 Å². The molecule has 5 aromatic rings. The van der Waals surface area contributed by atoms with Gasteiger partial charge >= 0.3 is 0 Å². The Kier molecular flexibility index (Phi) is 5.79. The lowest BCUT2D eigenvalue weighted by Gasteiger charge is -2.22. The smallest absolute Gasteiger partial charge is 0.281 e. The second-order valence-corrected chi connectivity index (χ2v) is 9.34. The van der Waals surface area contributed by atoms with Gasteiger partial charge in [-0.15, -0.1) is 11.3 Å². The number of fused-ring (bicyclic) bond motifs is 2. The van der Waals surface area contributed by atoms with Gasteiger partial charge in [-0.25, -0.2) is 15.0 Å². The van der Waals surface area contributed by atoms with Crippen LogP contribution in [0.1, 0.15) is 23.6 Å². The topological polar surface area (TPSA) is 76.9 Å². The SMILES string of the molecule is COc1ccc(C2CC(c3ccc4ccccc4c3)=NN2C(=O)COc2ncnc3sccc23)cc1. The molecule has 36 heavy (non-hydrogen) atoms. The Labute approximate surface area is 211 Å². The molecule has 1 atom stereocenters. The predicted octanol–water partition coefficient (Wildman–Crippen LogP) is 5.61. The van der Waals surface area contributed by atoms with Crippen LogP contribution in [0.15, 0.2) is 89.6 Å². The third-order valence-electron chi connectivity index (χ3n) is 6.31. The minimum Gasteiger partial charge on any atom is -0.497 e. The Morgan fingerprint density at radius 3 is 2.69 bits per heavy atom. The number of rotatable bonds is 6. The summed E-state index contributed by atoms with van der Waals surface area (Å²) in [6, 6.07) is 23.9. The van der Waals surface area contributed by atoms with Crippen LogP contribution in [0.25, 0.3) is 21.0 Å². The maximum absolute atomic E-state index is 13.4. The van der Waals surface area contributed by atoms with Gasteiger partial charge in [0.1, 0.15) is 16.9 Å². The number of thiophene rings is 1. The van der Waals surface area contributed by atoms with Crippen LogP contribution in [0.3, 0.4) is 0 Å². The fraction of sp³-hybridized carbons (Fsp3) is 0.143. The van der Waals surface area contributed by atoms with E-state index in [2.05, 4.69) is 40.3 Å². The highest BCUT2D eigenvalue weighted by molar-refractivity contribution is 7.16. The van der Waals surface area contributed by atoms with Crippen LogP contribution in [0.5, 0.6) is 11.6 Å². The van der Waals surface area contributed by atoms with E-state index in [4.69, 9.17) is 14.6 Å². The number of benzene rings is 3. The number of hydrogen-bond donors (Lipinski definition) is 0. The zero-order chi connectivity index (χ0) is 24.5. The summed E-state index contributed by atoms with van der Waals surface area (Å²) in [5.74, 6) is 0.916. The molecule has 1 amide bonds. The van der Waals surface area contributed by atoms with Crippen LogP contribution in [-0.4, -0.2) is 40.3 Å². The highest BCUT2D eigenvalue weighted by Crippen LogP contribution is 2.34. The van der Waals surface area contributed by atoms with Crippen molar-refractivity contribution in [3.05, 3.63) is 95.6 Å². The van der Waals surface area contributed by atoms with Crippen molar-refractivity contribution in [3.63, 3.8) is 0 Å². The van der Waals surface area contributed by atoms with E-state index in [0.29, 0.717) is 12.3 Å². The molecule has 178 valence electrons. The third-order valence-corrected chi connectivity index (χ3v) is 7.13. The van der Waals surface area contributed by atoms with Crippen molar-refractivity contribution in [2.24, 2.45) is 5.10 Å². The first-order chi connectivity index (χ1) is 17.7. The summed E-state index contributed by atoms with van der Waals surface area (Å²) in [6.45, 7) is -0.177. The van der Waals surface area contributed by atoms with Gasteiger partial charge in [0.2, 0.25) is 5.88 Å². The number of carbonyl (C=O) groups excluding carboxylic acids is 1. The van der Waals surface area contributed by atoms with Crippen molar-refractivity contribution in [2.75, 3.05) is 13.7 Å². The standard InChI is InChI=1S/C28H22N4O3S/c1-34-22-10-8-19(9-11-22)25-15-24(21-7-6-18-4-2-3-5-20(18)14-21)31-32(25)26(33)16-35-27-23-12-13-36-28(23)30-17-29-27/h2-14,17,25H,15-16H2,1H3. The molecule has 6 rings (SSSR count). The summed E-state index contributed by atoms with van der Waals surface area (Å²) in [7, 11) is 1.64. The van der Waals surface area contributed by atoms with Gasteiger partial charge in [-0.2, -0.15) is 5.10 Å². The fourth-order valence-corrected chi connectivity index (χ4v) is 5.17. The summed E-state index contributed by atoms with van der Waals surface area (Å²) in [5.41, 5.74) is 2.84. The molecule has 0 saturated carbocycles. The number of nitrogens with zero attached hydrogens (tertiary/aromatic N) is 4. The lowest BCUT2D eigenvalue weighted by Crippen LogP contribution is -2.31. The summed E-state index contributed by atoms with van der Waals surface area (Å²) in [5, 5.41) is 11.3. The molecule has 7 nitrogen and oxygen atoms in total. The van der Waals surface area contributed by atoms with Crippen LogP contribution < -0.4 is 9.47 Å². The molecule has 0 aliphatic carbocycles. The largest absolute Gasteiger partial charge is 0.497 e. The lowest BCUT2D eigenvalue weighted by molar-refractivity contribution is -0.135. The van der Waals surface area contributed by atoms with E-state index in [9.17, 15) is 4.79 Å². The molecule has 0 N–H and O–H groups in total. The Bertz CT molecular complexity index is 1600. The van der Waals surface area contributed by atoms with Crippen molar-refractivity contribution < 1.29 is 14.3 Å². The first kappa shape index (κ1) is 22.2. The summed E-state index contributed by atoms with van der Waals surface area (Å²) < 4.78 is 11.2. The normalized spacial score (nSPS) is 15.3. The molecular weight excluding hydrogens is 472 g/mol. The average molecular weight is 495 g/mol. The number of hydrogen-bond acceptors (Lipinski definition) is 7. The number of carbonyl (C=O) groups is 1. The molecule has 0 spiro atoms. The van der Waals surface area contributed by atoms with Gasteiger partial charge in [0.15, 0.2) is 6.61 Å². The Hall–Kier alpha value is -4.30. The molecule has 1 aliphatic rings. The monoisotopic (exact) mass is 494 g/mol. The zero-order valence-electron chi connectivity index (χ0n) is 19.5. The number of ether oxygens (including phenoxy) is 2. The van der Waals surface area contributed by atoms with Crippen molar-refractivity contribution in [2.45, 2.75) is 12.5 Å². The van der Waals surface area contributed by atoms with Gasteiger partial charge in [-0.05, 0) is 51.5 Å². The van der Waals surface area contributed by atoms with E-state index >= 15 is 0 Å². The van der Waals surface area contributed by atoms with Gasteiger partial charge < -0.3 is 9.47 Å². The molecule has 1 aliphatic heterocycles. The van der Waals surface area contributed by atoms with E-state index in [1.807, 2.05) is 47.8 Å². The van der Waals surface area contributed by atoms with Crippen LogP contribution in [0, 0.1) is 0 Å². The van der Waals surface area contributed by atoms with Gasteiger partial charge in [0.05, 0.1) is 24.2 Å². The summed E-state index contributed by atoms with van der Waals surface area (Å²) in [4.78, 5) is 22.7. The minimum atomic E-state index is -0.250. The summed E-state index contributed by atoms with van der Waals surface area (Å²) >= 11 is 1.50. The third kappa shape index (κ3) is 4.16. The number of methoxy groups -OCH3 is 1. The Morgan fingerprint density at radius 1 is 1.03 bits per heavy atom. The molecule has 3 heterocycles. The maximum atomic E-state index is 13.4. The molecule has 0 fully saturated rings. The van der Waals surface area contributed by atoms with Crippen molar-refractivity contribution >= 4 is 43.9 Å². The van der Waals surface area contributed by atoms with E-state index < -0.39 is 0 Å². The first-order valence-electron chi connectivity index (χ1n) is 11.5. The molecule has 0 radical (unpaired) electrons. The molecular formula is C28H22N4O3S. The first-order valence-corrected chi connectivity index (χ1v) is 12.4. The van der Waals surface area contributed by atoms with Gasteiger partial charge in [0.25, 0.3) is 5.91 Å². The molecule has 2 aromatic heterocycles. The van der Waals surface area contributed by atoms with E-state index in [1.165, 1.54) is 17.7 Å². The van der Waals surface area contributed by atoms with Gasteiger partial charge in [-0.1, -0.05) is 48.5 Å². The zero-order valence-corrected chi connectivity index (χ0v) is 20.3. The number of hydrazone groups is 1. The van der Waals surface area contributed by atoms with Gasteiger partial charge in [0, 0.05) is 6.42 Å². The number of aromatic nitrogens is 2. The van der Waals surface area contributed by atoms with Gasteiger partial charge in [-0.3, -0.25) is 4.79 Å². The van der Waals surface area contributed by atoms with Crippen LogP contribution in [0.2, 0.25) is 0 Å². The highest BCUT2D eigenvalue weighted by atomic mass is 32.1. The van der Waals surface area contributed by atoms with Crippen molar-refractivity contribution in [3.8, 4) is 11.6 Å². The highest BCUT2D eigenvalue weighted by Gasteiger charge is 2.33. The van der Waals surface area contributed by atoms with E-state index in [0.717, 1.165) is 43.6 Å². The predicted molar refractivity (Wildman–Crippen MR) is 141 cm³/mol. The summed E-state index contributed by atoms with van der Waals surface area (Å²) in [6.07, 6.45) is 2.04. The van der Waals surface area contributed by atoms with Crippen molar-refractivity contribution in [1.29, 1.82) is 0 Å². The van der Waals surface area contributed by atoms with Crippen LogP contribution in [0.4, 0.5) is 0 Å². The molecule has 1 unspecified atom stereocenters. The second kappa shape index (κ2) is 9.39. The quantitative estimate of drug-likeness (QED) is 0.307. The second-order valence-electron chi connectivity index (χ2n) is 8.45. The van der Waals surface area contributed by atoms with Crippen molar-refractivity contribution in [1.82, 2.24) is 15.0 Å². The number of amides is 1. The average Bonchev–Trinajstić information content (AvgIpc) is 3.60. The van der Waals surface area contributed by atoms with Crippen LogP contribution >= 0.6 is 11.3 Å². The van der Waals surface area contributed by atoms with Crippen LogP contribution in [-0.2, 0) is 4.79 Å². The van der Waals surface area contributed by atoms with E-state index in [-0.39, 0.29) is 18.6 Å². The Balaban J connectivity index is 1.30. The fourth-order valence-electron chi connectivity index (χ4n) is 4.45. The Morgan fingerprint density at radius 2 is 1.86 bits per heavy atom. The molecule has 0 saturated heterocycles. The molecule has 8 heteroatoms. The maximum Gasteiger partial charge on any atom is 0.281 e. The lowest BCUT2D eigenvalue weighted by atomic mass is 9.97. The minimum absolute atomic E-state index is 0.177. The molecule has 3 aromatic carbocycles.